The molecule has 1 saturated heterocycles. The summed E-state index contributed by atoms with van der Waals surface area (Å²) < 4.78 is 0. The normalized spacial score (nSPS) is 14.8. The fourth-order valence-corrected chi connectivity index (χ4v) is 3.62. The molecule has 1 aliphatic heterocycles. The first-order valence-corrected chi connectivity index (χ1v) is 9.48. The number of hydrogen-bond acceptors (Lipinski definition) is 3. The molecule has 0 radical (unpaired) electrons. The number of likely N-dealkylation sites (N-methyl/N-ethyl adjacent to an activating group) is 1. The van der Waals surface area contributed by atoms with E-state index in [-0.39, 0.29) is 5.91 Å². The number of anilines is 1. The van der Waals surface area contributed by atoms with Crippen LogP contribution in [0.1, 0.15) is 5.56 Å². The van der Waals surface area contributed by atoms with E-state index < -0.39 is 0 Å². The Bertz CT molecular complexity index is 760. The summed E-state index contributed by atoms with van der Waals surface area (Å²) in [6.07, 6.45) is 0. The molecule has 0 atom stereocenters. The van der Waals surface area contributed by atoms with Crippen molar-refractivity contribution < 1.29 is 4.79 Å². The molecule has 0 bridgehead atoms. The lowest BCUT2D eigenvalue weighted by Gasteiger charge is -2.36. The Hall–Kier alpha value is -1.75. The summed E-state index contributed by atoms with van der Waals surface area (Å²) >= 11 is 12.1. The molecule has 3 rings (SSSR count). The van der Waals surface area contributed by atoms with Crippen LogP contribution in [0.15, 0.2) is 48.5 Å². The molecule has 0 aromatic heterocycles. The molecular formula is C20H23Cl2N3O. The Balaban J connectivity index is 1.49. The quantitative estimate of drug-likeness (QED) is 0.775. The minimum Gasteiger partial charge on any atom is -0.368 e. The van der Waals surface area contributed by atoms with Crippen LogP contribution in [0.3, 0.4) is 0 Å². The lowest BCUT2D eigenvalue weighted by atomic mass is 10.2. The van der Waals surface area contributed by atoms with Gasteiger partial charge in [0.25, 0.3) is 0 Å². The molecule has 2 aromatic carbocycles. The van der Waals surface area contributed by atoms with Crippen LogP contribution in [0.5, 0.6) is 0 Å². The summed E-state index contributed by atoms with van der Waals surface area (Å²) in [4.78, 5) is 18.8. The van der Waals surface area contributed by atoms with Gasteiger partial charge in [-0.2, -0.15) is 0 Å². The van der Waals surface area contributed by atoms with Crippen molar-refractivity contribution in [3.05, 3.63) is 64.1 Å². The number of hydrogen-bond donors (Lipinski definition) is 0. The maximum absolute atomic E-state index is 12.6. The number of benzene rings is 2. The van der Waals surface area contributed by atoms with Gasteiger partial charge in [0.1, 0.15) is 0 Å². The molecule has 0 aliphatic carbocycles. The Morgan fingerprint density at radius 2 is 1.65 bits per heavy atom. The molecule has 26 heavy (non-hydrogen) atoms. The predicted octanol–water partition coefficient (Wildman–Crippen LogP) is 3.77. The fraction of sp³-hybridized carbons (Fsp3) is 0.350. The lowest BCUT2D eigenvalue weighted by molar-refractivity contribution is -0.132. The van der Waals surface area contributed by atoms with E-state index in [1.54, 1.807) is 0 Å². The average molecular weight is 392 g/mol. The third kappa shape index (κ3) is 5.13. The zero-order valence-electron chi connectivity index (χ0n) is 14.9. The topological polar surface area (TPSA) is 26.8 Å². The summed E-state index contributed by atoms with van der Waals surface area (Å²) in [5, 5.41) is 1.46. The molecule has 6 heteroatoms. The zero-order valence-corrected chi connectivity index (χ0v) is 16.4. The first-order chi connectivity index (χ1) is 12.5. The molecule has 0 unspecified atom stereocenters. The first-order valence-electron chi connectivity index (χ1n) is 8.72. The summed E-state index contributed by atoms with van der Waals surface area (Å²) in [6, 6.07) is 15.6. The highest BCUT2D eigenvalue weighted by Gasteiger charge is 2.22. The van der Waals surface area contributed by atoms with Crippen molar-refractivity contribution in [2.24, 2.45) is 0 Å². The molecule has 138 valence electrons. The third-order valence-corrected chi connectivity index (χ3v) is 5.02. The maximum Gasteiger partial charge on any atom is 0.236 e. The van der Waals surface area contributed by atoms with Crippen molar-refractivity contribution in [1.29, 1.82) is 0 Å². The predicted molar refractivity (Wildman–Crippen MR) is 108 cm³/mol. The molecule has 4 nitrogen and oxygen atoms in total. The van der Waals surface area contributed by atoms with Crippen molar-refractivity contribution in [3.8, 4) is 0 Å². The van der Waals surface area contributed by atoms with Crippen LogP contribution in [-0.4, -0.2) is 55.5 Å². The van der Waals surface area contributed by atoms with E-state index in [0.717, 1.165) is 47.5 Å². The van der Waals surface area contributed by atoms with E-state index >= 15 is 0 Å². The number of amides is 1. The van der Waals surface area contributed by atoms with Crippen molar-refractivity contribution in [2.45, 2.75) is 6.54 Å². The van der Waals surface area contributed by atoms with Crippen molar-refractivity contribution in [1.82, 2.24) is 9.80 Å². The molecular weight excluding hydrogens is 369 g/mol. The van der Waals surface area contributed by atoms with Gasteiger partial charge in [-0.15, -0.1) is 0 Å². The Kier molecular flexibility index (Phi) is 6.41. The monoisotopic (exact) mass is 391 g/mol. The van der Waals surface area contributed by atoms with Gasteiger partial charge in [-0.05, 0) is 42.9 Å². The van der Waals surface area contributed by atoms with Gasteiger partial charge in [-0.25, -0.2) is 0 Å². The summed E-state index contributed by atoms with van der Waals surface area (Å²) in [6.45, 7) is 4.22. The average Bonchev–Trinajstić information content (AvgIpc) is 2.61. The Labute approximate surface area is 164 Å². The summed E-state index contributed by atoms with van der Waals surface area (Å²) in [7, 11) is 1.96. The van der Waals surface area contributed by atoms with Gasteiger partial charge in [-0.3, -0.25) is 9.69 Å². The van der Waals surface area contributed by atoms with Gasteiger partial charge in [0, 0.05) is 48.5 Å². The summed E-state index contributed by atoms with van der Waals surface area (Å²) in [5.41, 5.74) is 2.22. The molecule has 1 fully saturated rings. The van der Waals surface area contributed by atoms with Gasteiger partial charge >= 0.3 is 0 Å². The van der Waals surface area contributed by atoms with Gasteiger partial charge in [0.05, 0.1) is 6.54 Å². The number of nitrogens with zero attached hydrogens (tertiary/aromatic N) is 3. The summed E-state index contributed by atoms with van der Waals surface area (Å²) in [5.74, 6) is 0.167. The molecule has 1 aliphatic rings. The maximum atomic E-state index is 12.6. The number of carbonyl (C=O) groups excluding carboxylic acids is 1. The highest BCUT2D eigenvalue weighted by atomic mass is 35.5. The lowest BCUT2D eigenvalue weighted by Crippen LogP contribution is -2.51. The number of piperazine rings is 1. The number of rotatable bonds is 5. The molecule has 2 aromatic rings. The van der Waals surface area contributed by atoms with E-state index in [4.69, 9.17) is 23.2 Å². The van der Waals surface area contributed by atoms with Crippen LogP contribution in [-0.2, 0) is 11.3 Å². The smallest absolute Gasteiger partial charge is 0.236 e. The van der Waals surface area contributed by atoms with Crippen LogP contribution in [0.2, 0.25) is 10.0 Å². The zero-order chi connectivity index (χ0) is 18.5. The second-order valence-corrected chi connectivity index (χ2v) is 7.52. The van der Waals surface area contributed by atoms with Gasteiger partial charge < -0.3 is 9.80 Å². The molecule has 0 spiro atoms. The SMILES string of the molecule is CN(CC(=O)N1CCN(c2cccc(Cl)c2)CC1)Cc1cccc(Cl)c1. The fourth-order valence-electron chi connectivity index (χ4n) is 3.22. The Morgan fingerprint density at radius 1 is 1.00 bits per heavy atom. The van der Waals surface area contributed by atoms with Crippen LogP contribution >= 0.6 is 23.2 Å². The highest BCUT2D eigenvalue weighted by Crippen LogP contribution is 2.21. The van der Waals surface area contributed by atoms with Crippen molar-refractivity contribution in [3.63, 3.8) is 0 Å². The first kappa shape index (κ1) is 19.0. The molecule has 0 N–H and O–H groups in total. The van der Waals surface area contributed by atoms with Gasteiger partial charge in [0.2, 0.25) is 5.91 Å². The van der Waals surface area contributed by atoms with Gasteiger partial charge in [0.15, 0.2) is 0 Å². The van der Waals surface area contributed by atoms with E-state index in [2.05, 4.69) is 11.0 Å². The number of halogens is 2. The largest absolute Gasteiger partial charge is 0.368 e. The minimum absolute atomic E-state index is 0.167. The third-order valence-electron chi connectivity index (χ3n) is 4.55. The minimum atomic E-state index is 0.167. The second-order valence-electron chi connectivity index (χ2n) is 6.65. The second kappa shape index (κ2) is 8.76. The van der Waals surface area contributed by atoms with E-state index in [9.17, 15) is 4.79 Å². The van der Waals surface area contributed by atoms with E-state index in [1.165, 1.54) is 0 Å². The van der Waals surface area contributed by atoms with Crippen LogP contribution in [0.25, 0.3) is 0 Å². The van der Waals surface area contributed by atoms with Crippen molar-refractivity contribution >= 4 is 34.8 Å². The van der Waals surface area contributed by atoms with E-state index in [1.807, 2.05) is 59.3 Å². The number of carbonyl (C=O) groups is 1. The van der Waals surface area contributed by atoms with Crippen LogP contribution < -0.4 is 4.90 Å². The van der Waals surface area contributed by atoms with E-state index in [0.29, 0.717) is 13.1 Å². The highest BCUT2D eigenvalue weighted by molar-refractivity contribution is 6.31. The van der Waals surface area contributed by atoms with Gasteiger partial charge in [-0.1, -0.05) is 41.4 Å². The van der Waals surface area contributed by atoms with Crippen LogP contribution in [0.4, 0.5) is 5.69 Å². The molecule has 0 saturated carbocycles. The van der Waals surface area contributed by atoms with Crippen molar-refractivity contribution in [2.75, 3.05) is 44.7 Å². The standard InChI is InChI=1S/C20H23Cl2N3O/c1-23(14-16-4-2-5-17(21)12-16)15-20(26)25-10-8-24(9-11-25)19-7-3-6-18(22)13-19/h2-7,12-13H,8-11,14-15H2,1H3. The molecule has 1 amide bonds. The molecule has 1 heterocycles. The Morgan fingerprint density at radius 3 is 2.31 bits per heavy atom. The van der Waals surface area contributed by atoms with Crippen LogP contribution in [0, 0.1) is 0 Å².